The molecule has 120 valence electrons. The Bertz CT molecular complexity index is 706. The zero-order valence-electron chi connectivity index (χ0n) is 13.3. The number of fused-ring (bicyclic) bond motifs is 1. The molecule has 1 aromatic heterocycles. The molecule has 3 nitrogen and oxygen atoms in total. The van der Waals surface area contributed by atoms with Gasteiger partial charge in [0.05, 0.1) is 11.5 Å². The number of rotatable bonds is 5. The van der Waals surface area contributed by atoms with Crippen LogP contribution in [0.25, 0.3) is 0 Å². The van der Waals surface area contributed by atoms with Crippen molar-refractivity contribution in [2.45, 2.75) is 44.9 Å². The van der Waals surface area contributed by atoms with Crippen molar-refractivity contribution < 1.29 is 9.59 Å². The van der Waals surface area contributed by atoms with Gasteiger partial charge in [0.2, 0.25) is 5.91 Å². The van der Waals surface area contributed by atoms with E-state index in [2.05, 4.69) is 5.32 Å². The molecule has 0 aliphatic heterocycles. The Morgan fingerprint density at radius 3 is 2.70 bits per heavy atom. The molecule has 23 heavy (non-hydrogen) atoms. The summed E-state index contributed by atoms with van der Waals surface area (Å²) in [6, 6.07) is 9.81. The Balaban J connectivity index is 1.85. The number of nitrogens with one attached hydrogen (secondary N) is 1. The first-order valence-electron chi connectivity index (χ1n) is 8.20. The van der Waals surface area contributed by atoms with Crippen LogP contribution in [0.1, 0.15) is 58.5 Å². The van der Waals surface area contributed by atoms with Crippen LogP contribution in [0, 0.1) is 0 Å². The van der Waals surface area contributed by atoms with Gasteiger partial charge in [0.25, 0.3) is 0 Å². The second-order valence-corrected chi connectivity index (χ2v) is 7.04. The monoisotopic (exact) mass is 327 g/mol. The molecule has 1 aromatic carbocycles. The summed E-state index contributed by atoms with van der Waals surface area (Å²) in [6.45, 7) is 2.01. The number of amides is 1. The molecule has 4 heteroatoms. The maximum absolute atomic E-state index is 12.7. The summed E-state index contributed by atoms with van der Waals surface area (Å²) < 4.78 is 0. The lowest BCUT2D eigenvalue weighted by molar-refractivity contribution is -0.117. The quantitative estimate of drug-likeness (QED) is 0.818. The third-order valence-corrected chi connectivity index (χ3v) is 5.72. The largest absolute Gasteiger partial charge is 0.317 e. The smallest absolute Gasteiger partial charge is 0.232 e. The van der Waals surface area contributed by atoms with Gasteiger partial charge in [-0.05, 0) is 43.2 Å². The fraction of sp³-hybridized carbons (Fsp3) is 0.368. The molecule has 0 fully saturated rings. The summed E-state index contributed by atoms with van der Waals surface area (Å²) in [5, 5.41) is 3.74. The topological polar surface area (TPSA) is 46.2 Å². The number of hydrogen-bond donors (Lipinski definition) is 1. The summed E-state index contributed by atoms with van der Waals surface area (Å²) in [4.78, 5) is 25.5. The zero-order valence-corrected chi connectivity index (χ0v) is 14.1. The van der Waals surface area contributed by atoms with E-state index in [4.69, 9.17) is 0 Å². The van der Waals surface area contributed by atoms with E-state index in [9.17, 15) is 9.59 Å². The molecule has 1 atom stereocenters. The highest BCUT2D eigenvalue weighted by Gasteiger charge is 2.24. The second kappa shape index (κ2) is 7.09. The Hall–Kier alpha value is -1.94. The van der Waals surface area contributed by atoms with Crippen molar-refractivity contribution >= 4 is 28.5 Å². The minimum Gasteiger partial charge on any atom is -0.317 e. The van der Waals surface area contributed by atoms with Crippen LogP contribution in [0.2, 0.25) is 0 Å². The normalized spacial score (nSPS) is 14.8. The van der Waals surface area contributed by atoms with Crippen molar-refractivity contribution in [2.75, 3.05) is 5.32 Å². The van der Waals surface area contributed by atoms with Crippen molar-refractivity contribution in [1.82, 2.24) is 0 Å². The number of carbonyl (C=O) groups is 2. The Labute approximate surface area is 140 Å². The Morgan fingerprint density at radius 1 is 1.26 bits per heavy atom. The van der Waals surface area contributed by atoms with Crippen LogP contribution in [0.5, 0.6) is 0 Å². The van der Waals surface area contributed by atoms with Gasteiger partial charge in [0, 0.05) is 4.88 Å². The van der Waals surface area contributed by atoms with Gasteiger partial charge < -0.3 is 5.32 Å². The summed E-state index contributed by atoms with van der Waals surface area (Å²) in [5.74, 6) is -0.213. The van der Waals surface area contributed by atoms with Crippen LogP contribution in [-0.4, -0.2) is 12.2 Å². The first kappa shape index (κ1) is 15.9. The van der Waals surface area contributed by atoms with Crippen molar-refractivity contribution in [2.24, 2.45) is 0 Å². The number of aldehydes is 1. The molecule has 3 rings (SSSR count). The summed E-state index contributed by atoms with van der Waals surface area (Å²) in [6.07, 6.45) is 5.90. The number of aryl methyl sites for hydroxylation is 1. The van der Waals surface area contributed by atoms with Crippen LogP contribution in [0.4, 0.5) is 5.00 Å². The van der Waals surface area contributed by atoms with E-state index in [0.29, 0.717) is 5.56 Å². The first-order valence-corrected chi connectivity index (χ1v) is 9.01. The van der Waals surface area contributed by atoms with Gasteiger partial charge in [0.15, 0.2) is 6.29 Å². The molecule has 1 aliphatic carbocycles. The van der Waals surface area contributed by atoms with Crippen LogP contribution in [0.3, 0.4) is 0 Å². The van der Waals surface area contributed by atoms with Crippen molar-refractivity contribution in [3.8, 4) is 0 Å². The highest BCUT2D eigenvalue weighted by molar-refractivity contribution is 7.16. The predicted octanol–water partition coefficient (Wildman–Crippen LogP) is 4.57. The fourth-order valence-electron chi connectivity index (χ4n) is 3.26. The van der Waals surface area contributed by atoms with E-state index in [0.717, 1.165) is 48.1 Å². The second-order valence-electron chi connectivity index (χ2n) is 5.93. The highest BCUT2D eigenvalue weighted by atomic mass is 32.1. The summed E-state index contributed by atoms with van der Waals surface area (Å²) in [5.41, 5.74) is 2.86. The van der Waals surface area contributed by atoms with Gasteiger partial charge in [-0.1, -0.05) is 37.3 Å². The maximum atomic E-state index is 12.7. The van der Waals surface area contributed by atoms with Crippen LogP contribution >= 0.6 is 11.3 Å². The van der Waals surface area contributed by atoms with Crippen LogP contribution in [0.15, 0.2) is 30.3 Å². The molecule has 1 heterocycles. The molecule has 1 N–H and O–H groups in total. The molecule has 0 radical (unpaired) electrons. The number of thiophene rings is 1. The van der Waals surface area contributed by atoms with Gasteiger partial charge >= 0.3 is 0 Å². The summed E-state index contributed by atoms with van der Waals surface area (Å²) >= 11 is 1.57. The molecular weight excluding hydrogens is 306 g/mol. The average Bonchev–Trinajstić information content (AvgIpc) is 2.93. The minimum atomic E-state index is -0.185. The van der Waals surface area contributed by atoms with Crippen molar-refractivity contribution in [1.29, 1.82) is 0 Å². The number of benzene rings is 1. The molecule has 0 saturated carbocycles. The van der Waals surface area contributed by atoms with E-state index in [1.54, 1.807) is 11.3 Å². The average molecular weight is 327 g/mol. The number of carbonyl (C=O) groups excluding carboxylic acids is 2. The first-order chi connectivity index (χ1) is 11.2. The maximum Gasteiger partial charge on any atom is 0.232 e. The molecule has 1 amide bonds. The predicted molar refractivity (Wildman–Crippen MR) is 94.5 cm³/mol. The third kappa shape index (κ3) is 3.22. The molecule has 2 aromatic rings. The lowest BCUT2D eigenvalue weighted by Crippen LogP contribution is -2.20. The van der Waals surface area contributed by atoms with E-state index in [1.165, 1.54) is 11.3 Å². The van der Waals surface area contributed by atoms with Gasteiger partial charge in [-0.25, -0.2) is 0 Å². The van der Waals surface area contributed by atoms with Crippen LogP contribution in [-0.2, 0) is 17.6 Å². The Kier molecular flexibility index (Phi) is 4.91. The Morgan fingerprint density at radius 2 is 2.00 bits per heavy atom. The lowest BCUT2D eigenvalue weighted by atomic mass is 9.95. The fourth-order valence-corrected chi connectivity index (χ4v) is 4.53. The van der Waals surface area contributed by atoms with Gasteiger partial charge in [-0.3, -0.25) is 9.59 Å². The lowest BCUT2D eigenvalue weighted by Gasteiger charge is -2.15. The number of anilines is 1. The van der Waals surface area contributed by atoms with E-state index in [1.807, 2.05) is 37.3 Å². The minimum absolute atomic E-state index is 0.0274. The zero-order chi connectivity index (χ0) is 16.2. The van der Waals surface area contributed by atoms with E-state index < -0.39 is 0 Å². The van der Waals surface area contributed by atoms with Crippen molar-refractivity contribution in [3.63, 3.8) is 0 Å². The van der Waals surface area contributed by atoms with Crippen LogP contribution < -0.4 is 5.32 Å². The molecule has 0 saturated heterocycles. The molecule has 1 aliphatic rings. The number of hydrogen-bond acceptors (Lipinski definition) is 3. The SMILES string of the molecule is CCC(C(=O)Nc1sc2c(c1C=O)CCCC2)c1ccccc1. The van der Waals surface area contributed by atoms with E-state index >= 15 is 0 Å². The standard InChI is InChI=1S/C19H21NO2S/c1-2-14(13-8-4-3-5-9-13)18(22)20-19-16(12-21)15-10-6-7-11-17(15)23-19/h3-5,8-9,12,14H,2,6-7,10-11H2,1H3,(H,20,22). The van der Waals surface area contributed by atoms with Gasteiger partial charge in [-0.2, -0.15) is 0 Å². The van der Waals surface area contributed by atoms with E-state index in [-0.39, 0.29) is 11.8 Å². The molecular formula is C19H21NO2S. The summed E-state index contributed by atoms with van der Waals surface area (Å²) in [7, 11) is 0. The molecule has 1 unspecified atom stereocenters. The third-order valence-electron chi connectivity index (χ3n) is 4.49. The molecule has 0 bridgehead atoms. The highest BCUT2D eigenvalue weighted by Crippen LogP contribution is 2.37. The van der Waals surface area contributed by atoms with Crippen molar-refractivity contribution in [3.05, 3.63) is 51.9 Å². The molecule has 0 spiro atoms. The van der Waals surface area contributed by atoms with Gasteiger partial charge in [-0.15, -0.1) is 11.3 Å². The van der Waals surface area contributed by atoms with Gasteiger partial charge in [0.1, 0.15) is 5.00 Å².